The van der Waals surface area contributed by atoms with E-state index >= 15 is 0 Å². The standard InChI is InChI=1S/C25H30N4O3S/c1-28(23(32)25(16-22(30)31)14-17-7-5-6-8-18(17)15-25)24-27-20-13-19(9-10-21(20)33-24)26-11-12-29(2,3)4/h5-10,13,26H,11-12,14-16H2,1-4H3/p+1. The highest BCUT2D eigenvalue weighted by atomic mass is 32.1. The fourth-order valence-corrected chi connectivity index (χ4v) is 5.39. The number of carboxylic acids is 1. The Hall–Kier alpha value is -2.97. The second kappa shape index (κ2) is 8.76. The van der Waals surface area contributed by atoms with Crippen molar-refractivity contribution in [3.63, 3.8) is 0 Å². The maximum absolute atomic E-state index is 13.7. The van der Waals surface area contributed by atoms with E-state index in [-0.39, 0.29) is 12.3 Å². The van der Waals surface area contributed by atoms with E-state index in [0.29, 0.717) is 18.0 Å². The van der Waals surface area contributed by atoms with Crippen LogP contribution >= 0.6 is 11.3 Å². The zero-order valence-electron chi connectivity index (χ0n) is 19.6. The quantitative estimate of drug-likeness (QED) is 0.495. The summed E-state index contributed by atoms with van der Waals surface area (Å²) < 4.78 is 1.87. The van der Waals surface area contributed by atoms with Crippen LogP contribution in [0.3, 0.4) is 0 Å². The molecule has 0 aliphatic heterocycles. The largest absolute Gasteiger partial charge is 0.481 e. The highest BCUT2D eigenvalue weighted by Crippen LogP contribution is 2.42. The number of aliphatic carboxylic acids is 1. The number of hydrogen-bond acceptors (Lipinski definition) is 5. The van der Waals surface area contributed by atoms with Crippen molar-refractivity contribution >= 4 is 44.2 Å². The minimum Gasteiger partial charge on any atom is -0.481 e. The number of nitrogens with zero attached hydrogens (tertiary/aromatic N) is 3. The van der Waals surface area contributed by atoms with Crippen molar-refractivity contribution in [1.29, 1.82) is 0 Å². The molecule has 1 aliphatic carbocycles. The average molecular weight is 468 g/mol. The van der Waals surface area contributed by atoms with Gasteiger partial charge in [0.1, 0.15) is 0 Å². The lowest BCUT2D eigenvalue weighted by atomic mass is 9.80. The number of thiazole rings is 1. The molecule has 4 rings (SSSR count). The predicted octanol–water partition coefficient (Wildman–Crippen LogP) is 3.64. The maximum atomic E-state index is 13.7. The Balaban J connectivity index is 1.56. The fourth-order valence-electron chi connectivity index (χ4n) is 4.48. The van der Waals surface area contributed by atoms with Crippen LogP contribution in [0.5, 0.6) is 0 Å². The molecule has 2 N–H and O–H groups in total. The number of anilines is 2. The molecule has 0 spiro atoms. The van der Waals surface area contributed by atoms with Crippen molar-refractivity contribution in [2.24, 2.45) is 5.41 Å². The van der Waals surface area contributed by atoms with Crippen LogP contribution in [-0.4, -0.2) is 67.7 Å². The summed E-state index contributed by atoms with van der Waals surface area (Å²) in [6.45, 7) is 1.84. The number of benzene rings is 2. The van der Waals surface area contributed by atoms with Gasteiger partial charge in [0, 0.05) is 12.7 Å². The van der Waals surface area contributed by atoms with Gasteiger partial charge in [-0.15, -0.1) is 0 Å². The zero-order valence-corrected chi connectivity index (χ0v) is 20.4. The molecule has 1 heterocycles. The van der Waals surface area contributed by atoms with Gasteiger partial charge < -0.3 is 14.9 Å². The van der Waals surface area contributed by atoms with Gasteiger partial charge in [-0.2, -0.15) is 0 Å². The van der Waals surface area contributed by atoms with Crippen LogP contribution in [0.2, 0.25) is 0 Å². The molecule has 0 fully saturated rings. The fraction of sp³-hybridized carbons (Fsp3) is 0.400. The molecule has 1 aliphatic rings. The van der Waals surface area contributed by atoms with Gasteiger partial charge in [0.25, 0.3) is 0 Å². The van der Waals surface area contributed by atoms with Crippen molar-refractivity contribution < 1.29 is 19.2 Å². The van der Waals surface area contributed by atoms with Gasteiger partial charge in [-0.25, -0.2) is 4.98 Å². The van der Waals surface area contributed by atoms with Gasteiger partial charge in [0.15, 0.2) is 5.13 Å². The van der Waals surface area contributed by atoms with Crippen LogP contribution in [-0.2, 0) is 22.4 Å². The molecule has 0 saturated heterocycles. The minimum absolute atomic E-state index is 0.193. The second-order valence-corrected chi connectivity index (χ2v) is 11.0. The molecule has 0 atom stereocenters. The first-order valence-corrected chi connectivity index (χ1v) is 11.9. The molecule has 3 aromatic rings. The summed E-state index contributed by atoms with van der Waals surface area (Å²) in [6, 6.07) is 13.9. The number of carbonyl (C=O) groups is 2. The van der Waals surface area contributed by atoms with E-state index < -0.39 is 11.4 Å². The second-order valence-electron chi connectivity index (χ2n) is 9.96. The maximum Gasteiger partial charge on any atom is 0.304 e. The number of aromatic nitrogens is 1. The van der Waals surface area contributed by atoms with E-state index in [1.54, 1.807) is 11.9 Å². The Bertz CT molecular complexity index is 1170. The number of hydrogen-bond donors (Lipinski definition) is 2. The van der Waals surface area contributed by atoms with Crippen LogP contribution in [0.1, 0.15) is 17.5 Å². The van der Waals surface area contributed by atoms with Crippen molar-refractivity contribution in [3.8, 4) is 0 Å². The highest BCUT2D eigenvalue weighted by Gasteiger charge is 2.47. The van der Waals surface area contributed by atoms with E-state index in [0.717, 1.165) is 44.6 Å². The number of nitrogens with one attached hydrogen (secondary N) is 1. The van der Waals surface area contributed by atoms with Crippen molar-refractivity contribution in [2.75, 3.05) is 51.5 Å². The molecule has 1 aromatic heterocycles. The Morgan fingerprint density at radius 1 is 1.15 bits per heavy atom. The number of carboxylic acid groups (broad SMARTS) is 1. The van der Waals surface area contributed by atoms with Gasteiger partial charge in [-0.05, 0) is 42.2 Å². The van der Waals surface area contributed by atoms with Crippen molar-refractivity contribution in [1.82, 2.24) is 4.98 Å². The molecular formula is C25H31N4O3S+. The van der Waals surface area contributed by atoms with Gasteiger partial charge in [0.2, 0.25) is 5.91 Å². The highest BCUT2D eigenvalue weighted by molar-refractivity contribution is 7.22. The number of quaternary nitrogens is 1. The number of amides is 1. The molecule has 0 unspecified atom stereocenters. The first-order chi connectivity index (χ1) is 15.6. The van der Waals surface area contributed by atoms with E-state index in [2.05, 4.69) is 26.5 Å². The van der Waals surface area contributed by atoms with Gasteiger partial charge >= 0.3 is 5.97 Å². The van der Waals surface area contributed by atoms with Crippen LogP contribution < -0.4 is 10.2 Å². The van der Waals surface area contributed by atoms with Crippen molar-refractivity contribution in [2.45, 2.75) is 19.3 Å². The lowest BCUT2D eigenvalue weighted by Crippen LogP contribution is -2.44. The third-order valence-electron chi connectivity index (χ3n) is 6.20. The summed E-state index contributed by atoms with van der Waals surface area (Å²) in [7, 11) is 8.17. The normalized spacial score (nSPS) is 14.8. The summed E-state index contributed by atoms with van der Waals surface area (Å²) >= 11 is 1.45. The average Bonchev–Trinajstić information content (AvgIpc) is 3.32. The lowest BCUT2D eigenvalue weighted by molar-refractivity contribution is -0.868. The van der Waals surface area contributed by atoms with Gasteiger partial charge in [-0.3, -0.25) is 14.5 Å². The summed E-state index contributed by atoms with van der Waals surface area (Å²) in [6.07, 6.45) is 0.671. The Labute approximate surface area is 198 Å². The first kappa shape index (κ1) is 23.2. The Kier molecular flexibility index (Phi) is 6.16. The molecule has 0 radical (unpaired) electrons. The molecule has 1 amide bonds. The molecule has 8 heteroatoms. The van der Waals surface area contributed by atoms with E-state index in [1.165, 1.54) is 11.3 Å². The third-order valence-corrected chi connectivity index (χ3v) is 7.31. The van der Waals surface area contributed by atoms with Gasteiger partial charge in [-0.1, -0.05) is 35.6 Å². The molecule has 7 nitrogen and oxygen atoms in total. The van der Waals surface area contributed by atoms with E-state index in [4.69, 9.17) is 4.98 Å². The monoisotopic (exact) mass is 467 g/mol. The molecule has 0 bridgehead atoms. The predicted molar refractivity (Wildman–Crippen MR) is 133 cm³/mol. The van der Waals surface area contributed by atoms with Crippen LogP contribution in [0, 0.1) is 5.41 Å². The SMILES string of the molecule is CN(C(=O)C1(CC(=O)O)Cc2ccccc2C1)c1nc2cc(NCC[N+](C)(C)C)ccc2s1. The smallest absolute Gasteiger partial charge is 0.304 e. The van der Waals surface area contributed by atoms with Crippen LogP contribution in [0.4, 0.5) is 10.8 Å². The summed E-state index contributed by atoms with van der Waals surface area (Å²) in [5.74, 6) is -1.15. The van der Waals surface area contributed by atoms with Crippen LogP contribution in [0.15, 0.2) is 42.5 Å². The number of likely N-dealkylation sites (N-methyl/N-ethyl adjacent to an activating group) is 1. The topological polar surface area (TPSA) is 82.5 Å². The van der Waals surface area contributed by atoms with Gasteiger partial charge in [0.05, 0.1) is 56.3 Å². The Morgan fingerprint density at radius 3 is 2.42 bits per heavy atom. The molecule has 0 saturated carbocycles. The van der Waals surface area contributed by atoms with E-state index in [9.17, 15) is 14.7 Å². The number of fused-ring (bicyclic) bond motifs is 2. The summed E-state index contributed by atoms with van der Waals surface area (Å²) in [5, 5.41) is 13.6. The van der Waals surface area contributed by atoms with Crippen LogP contribution in [0.25, 0.3) is 10.2 Å². The third kappa shape index (κ3) is 5.02. The molecular weight excluding hydrogens is 436 g/mol. The minimum atomic E-state index is -0.986. The summed E-state index contributed by atoms with van der Waals surface area (Å²) in [4.78, 5) is 31.6. The van der Waals surface area contributed by atoms with E-state index in [1.807, 2.05) is 42.5 Å². The number of carbonyl (C=O) groups excluding carboxylic acids is 1. The molecule has 33 heavy (non-hydrogen) atoms. The summed E-state index contributed by atoms with van der Waals surface area (Å²) in [5.41, 5.74) is 2.94. The molecule has 174 valence electrons. The van der Waals surface area contributed by atoms with Crippen molar-refractivity contribution in [3.05, 3.63) is 53.6 Å². The number of rotatable bonds is 8. The Morgan fingerprint density at radius 2 is 1.82 bits per heavy atom. The zero-order chi connectivity index (χ0) is 23.8. The first-order valence-electron chi connectivity index (χ1n) is 11.1. The molecule has 2 aromatic carbocycles. The lowest BCUT2D eigenvalue weighted by Gasteiger charge is -2.30.